The molecule has 0 aliphatic heterocycles. The van der Waals surface area contributed by atoms with Crippen LogP contribution in [-0.2, 0) is 12.6 Å². The van der Waals surface area contributed by atoms with Crippen LogP contribution in [-0.4, -0.2) is 0 Å². The standard InChI is InChI=1S/C26H37F5/c1-2-3-18-4-6-19(7-5-18)8-9-20-10-12-21(13-11-20)14-15-22-16-23(27)25(24(28)17-22)26(29,30)31/h16-21H,2-15H2,1H3. The summed E-state index contributed by atoms with van der Waals surface area (Å²) in [5.74, 6) is 0.170. The summed E-state index contributed by atoms with van der Waals surface area (Å²) in [7, 11) is 0. The van der Waals surface area contributed by atoms with Gasteiger partial charge in [0.25, 0.3) is 0 Å². The van der Waals surface area contributed by atoms with E-state index in [0.29, 0.717) is 17.9 Å². The number of aryl methyl sites for hydroxylation is 1. The molecule has 0 atom stereocenters. The van der Waals surface area contributed by atoms with Gasteiger partial charge in [0.05, 0.1) is 0 Å². The Labute approximate surface area is 184 Å². The lowest BCUT2D eigenvalue weighted by atomic mass is 9.74. The molecule has 0 bridgehead atoms. The lowest BCUT2D eigenvalue weighted by Crippen LogP contribution is -2.18. The monoisotopic (exact) mass is 444 g/mol. The fourth-order valence-electron chi connectivity index (χ4n) is 5.91. The number of hydrogen-bond acceptors (Lipinski definition) is 0. The molecule has 1 aromatic carbocycles. The van der Waals surface area contributed by atoms with Crippen molar-refractivity contribution < 1.29 is 22.0 Å². The van der Waals surface area contributed by atoms with Crippen molar-refractivity contribution in [1.29, 1.82) is 0 Å². The Bertz CT molecular complexity index is 657. The molecule has 0 heterocycles. The zero-order valence-electron chi connectivity index (χ0n) is 18.8. The van der Waals surface area contributed by atoms with E-state index in [0.717, 1.165) is 49.1 Å². The summed E-state index contributed by atoms with van der Waals surface area (Å²) in [5.41, 5.74) is -1.46. The van der Waals surface area contributed by atoms with Crippen LogP contribution in [0, 0.1) is 35.3 Å². The SMILES string of the molecule is CCCC1CCC(CCC2CCC(CCc3cc(F)c(C(F)(F)F)c(F)c3)CC2)CC1. The molecule has 2 saturated carbocycles. The van der Waals surface area contributed by atoms with Crippen LogP contribution in [0.4, 0.5) is 22.0 Å². The molecule has 0 saturated heterocycles. The van der Waals surface area contributed by atoms with E-state index < -0.39 is 23.4 Å². The summed E-state index contributed by atoms with van der Waals surface area (Å²) in [6.07, 6.45) is 11.9. The van der Waals surface area contributed by atoms with E-state index in [9.17, 15) is 22.0 Å². The van der Waals surface area contributed by atoms with E-state index >= 15 is 0 Å². The maximum absolute atomic E-state index is 13.8. The van der Waals surface area contributed by atoms with Crippen LogP contribution in [0.2, 0.25) is 0 Å². The summed E-state index contributed by atoms with van der Waals surface area (Å²) in [5, 5.41) is 0. The summed E-state index contributed by atoms with van der Waals surface area (Å²) in [6.45, 7) is 2.28. The Morgan fingerprint density at radius 1 is 0.677 bits per heavy atom. The molecule has 1 aromatic rings. The summed E-state index contributed by atoms with van der Waals surface area (Å²) < 4.78 is 65.6. The second-order valence-electron chi connectivity index (χ2n) is 10.1. The molecule has 5 heteroatoms. The molecule has 0 amide bonds. The molecule has 3 rings (SSSR count). The second-order valence-corrected chi connectivity index (χ2v) is 10.1. The molecule has 0 radical (unpaired) electrons. The Hall–Kier alpha value is -1.13. The molecular weight excluding hydrogens is 407 g/mol. The van der Waals surface area contributed by atoms with Gasteiger partial charge in [-0.1, -0.05) is 84.0 Å². The Balaban J connectivity index is 1.36. The number of rotatable bonds is 8. The molecule has 31 heavy (non-hydrogen) atoms. The van der Waals surface area contributed by atoms with Crippen molar-refractivity contribution >= 4 is 0 Å². The molecule has 0 aromatic heterocycles. The first-order valence-electron chi connectivity index (χ1n) is 12.3. The zero-order valence-corrected chi connectivity index (χ0v) is 18.8. The Morgan fingerprint density at radius 3 is 1.45 bits per heavy atom. The quantitative estimate of drug-likeness (QED) is 0.351. The van der Waals surface area contributed by atoms with E-state index in [-0.39, 0.29) is 0 Å². The third kappa shape index (κ3) is 7.18. The first-order valence-corrected chi connectivity index (χ1v) is 12.3. The minimum Gasteiger partial charge on any atom is -0.206 e. The van der Waals surface area contributed by atoms with Crippen LogP contribution < -0.4 is 0 Å². The van der Waals surface area contributed by atoms with Crippen molar-refractivity contribution in [2.75, 3.05) is 0 Å². The van der Waals surface area contributed by atoms with E-state index in [2.05, 4.69) is 6.92 Å². The van der Waals surface area contributed by atoms with Gasteiger partial charge >= 0.3 is 6.18 Å². The molecule has 0 unspecified atom stereocenters. The minimum absolute atomic E-state index is 0.323. The van der Waals surface area contributed by atoms with Crippen LogP contribution in [0.5, 0.6) is 0 Å². The summed E-state index contributed by atoms with van der Waals surface area (Å²) in [6, 6.07) is 1.71. The fourth-order valence-corrected chi connectivity index (χ4v) is 5.91. The smallest absolute Gasteiger partial charge is 0.206 e. The van der Waals surface area contributed by atoms with Gasteiger partial charge in [-0.3, -0.25) is 0 Å². The topological polar surface area (TPSA) is 0 Å². The van der Waals surface area contributed by atoms with Crippen LogP contribution in [0.1, 0.15) is 102 Å². The first-order chi connectivity index (χ1) is 14.8. The van der Waals surface area contributed by atoms with Crippen molar-refractivity contribution in [2.45, 2.75) is 103 Å². The highest BCUT2D eigenvalue weighted by Gasteiger charge is 2.38. The average molecular weight is 445 g/mol. The van der Waals surface area contributed by atoms with Gasteiger partial charge in [0.1, 0.15) is 17.2 Å². The predicted octanol–water partition coefficient (Wildman–Crippen LogP) is 9.11. The molecular formula is C26H37F5. The Morgan fingerprint density at radius 2 is 1.06 bits per heavy atom. The molecule has 176 valence electrons. The van der Waals surface area contributed by atoms with Gasteiger partial charge in [-0.05, 0) is 54.2 Å². The maximum Gasteiger partial charge on any atom is 0.422 e. The highest BCUT2D eigenvalue weighted by Crippen LogP contribution is 2.39. The van der Waals surface area contributed by atoms with Gasteiger partial charge in [0.15, 0.2) is 0 Å². The van der Waals surface area contributed by atoms with Crippen molar-refractivity contribution in [3.63, 3.8) is 0 Å². The molecule has 2 fully saturated rings. The van der Waals surface area contributed by atoms with Crippen molar-refractivity contribution in [1.82, 2.24) is 0 Å². The largest absolute Gasteiger partial charge is 0.422 e. The number of alkyl halides is 3. The average Bonchev–Trinajstić information content (AvgIpc) is 2.71. The van der Waals surface area contributed by atoms with Crippen molar-refractivity contribution in [2.24, 2.45) is 23.7 Å². The van der Waals surface area contributed by atoms with Crippen LogP contribution in [0.15, 0.2) is 12.1 Å². The molecule has 0 N–H and O–H groups in total. The highest BCUT2D eigenvalue weighted by atomic mass is 19.4. The van der Waals surface area contributed by atoms with Gasteiger partial charge in [0.2, 0.25) is 0 Å². The van der Waals surface area contributed by atoms with Crippen molar-refractivity contribution in [3.05, 3.63) is 34.9 Å². The lowest BCUT2D eigenvalue weighted by molar-refractivity contribution is -0.142. The van der Waals surface area contributed by atoms with Crippen LogP contribution >= 0.6 is 0 Å². The van der Waals surface area contributed by atoms with Crippen LogP contribution in [0.3, 0.4) is 0 Å². The zero-order chi connectivity index (χ0) is 22.4. The number of hydrogen-bond donors (Lipinski definition) is 0. The molecule has 0 nitrogen and oxygen atoms in total. The van der Waals surface area contributed by atoms with E-state index in [1.165, 1.54) is 64.2 Å². The number of benzene rings is 1. The highest BCUT2D eigenvalue weighted by molar-refractivity contribution is 5.28. The van der Waals surface area contributed by atoms with E-state index in [4.69, 9.17) is 0 Å². The van der Waals surface area contributed by atoms with Gasteiger partial charge in [0, 0.05) is 0 Å². The van der Waals surface area contributed by atoms with E-state index in [1.54, 1.807) is 0 Å². The predicted molar refractivity (Wildman–Crippen MR) is 115 cm³/mol. The molecule has 0 spiro atoms. The van der Waals surface area contributed by atoms with Crippen LogP contribution in [0.25, 0.3) is 0 Å². The third-order valence-electron chi connectivity index (χ3n) is 7.84. The van der Waals surface area contributed by atoms with Crippen molar-refractivity contribution in [3.8, 4) is 0 Å². The fraction of sp³-hybridized carbons (Fsp3) is 0.769. The summed E-state index contributed by atoms with van der Waals surface area (Å²) in [4.78, 5) is 0. The van der Waals surface area contributed by atoms with Gasteiger partial charge in [-0.15, -0.1) is 0 Å². The normalized spacial score (nSPS) is 27.4. The van der Waals surface area contributed by atoms with Gasteiger partial charge in [-0.2, -0.15) is 13.2 Å². The lowest BCUT2D eigenvalue weighted by Gasteiger charge is -2.32. The Kier molecular flexibility index (Phi) is 8.81. The van der Waals surface area contributed by atoms with E-state index in [1.807, 2.05) is 0 Å². The van der Waals surface area contributed by atoms with Gasteiger partial charge in [-0.25, -0.2) is 8.78 Å². The molecule has 2 aliphatic carbocycles. The third-order valence-corrected chi connectivity index (χ3v) is 7.84. The first kappa shape index (κ1) is 24.5. The number of halogens is 5. The van der Waals surface area contributed by atoms with Gasteiger partial charge < -0.3 is 0 Å². The minimum atomic E-state index is -5.00. The summed E-state index contributed by atoms with van der Waals surface area (Å²) >= 11 is 0. The molecule has 2 aliphatic rings. The maximum atomic E-state index is 13.8. The second kappa shape index (κ2) is 11.1.